The van der Waals surface area contributed by atoms with Crippen molar-refractivity contribution < 1.29 is 4.42 Å². The van der Waals surface area contributed by atoms with Crippen LogP contribution in [0.4, 0.5) is 11.4 Å². The van der Waals surface area contributed by atoms with E-state index in [-0.39, 0.29) is 10.8 Å². The molecular weight excluding hydrogens is 486 g/mol. The van der Waals surface area contributed by atoms with Crippen molar-refractivity contribution in [1.82, 2.24) is 0 Å². The van der Waals surface area contributed by atoms with Crippen LogP contribution in [0.5, 0.6) is 0 Å². The molecule has 5 aromatic carbocycles. The molecule has 0 radical (unpaired) electrons. The molecule has 1 aromatic heterocycles. The van der Waals surface area contributed by atoms with Crippen molar-refractivity contribution >= 4 is 33.3 Å². The Kier molecular flexibility index (Phi) is 6.30. The fraction of sp³-hybridized carbons (Fsp3) is 0.211. The number of furan rings is 1. The van der Waals surface area contributed by atoms with Crippen LogP contribution in [-0.4, -0.2) is 0 Å². The molecule has 0 saturated heterocycles. The maximum atomic E-state index is 6.25. The summed E-state index contributed by atoms with van der Waals surface area (Å²) in [6, 6.07) is 38.8. The van der Waals surface area contributed by atoms with Gasteiger partial charge in [-0.3, -0.25) is 0 Å². The molecule has 2 heteroatoms. The molecule has 1 heterocycles. The zero-order valence-corrected chi connectivity index (χ0v) is 24.3. The highest BCUT2D eigenvalue weighted by Crippen LogP contribution is 2.41. The molecule has 0 atom stereocenters. The van der Waals surface area contributed by atoms with Crippen LogP contribution in [0.1, 0.15) is 52.7 Å². The molecule has 0 spiro atoms. The molecule has 0 aliphatic carbocycles. The highest BCUT2D eigenvalue weighted by atomic mass is 16.3. The first kappa shape index (κ1) is 26.0. The molecule has 0 fully saturated rings. The summed E-state index contributed by atoms with van der Waals surface area (Å²) in [6.07, 6.45) is 0. The lowest BCUT2D eigenvalue weighted by atomic mass is 9.74. The van der Waals surface area contributed by atoms with E-state index in [4.69, 9.17) is 4.42 Å². The molecule has 1 N–H and O–H groups in total. The fourth-order valence-corrected chi connectivity index (χ4v) is 5.73. The van der Waals surface area contributed by atoms with Gasteiger partial charge in [-0.05, 0) is 80.6 Å². The topological polar surface area (TPSA) is 25.2 Å². The highest BCUT2D eigenvalue weighted by molar-refractivity contribution is 6.13. The predicted octanol–water partition coefficient (Wildman–Crippen LogP) is 11.3. The number of rotatable bonds is 4. The average molecular weight is 524 g/mol. The zero-order chi connectivity index (χ0) is 28.1. The lowest BCUT2D eigenvalue weighted by Crippen LogP contribution is -2.19. The van der Waals surface area contributed by atoms with E-state index in [2.05, 4.69) is 144 Å². The van der Waals surface area contributed by atoms with Crippen LogP contribution in [0.25, 0.3) is 44.2 Å². The third-order valence-electron chi connectivity index (χ3n) is 7.74. The molecular formula is C38H37NO. The lowest BCUT2D eigenvalue weighted by molar-refractivity contribution is 0.572. The van der Waals surface area contributed by atoms with E-state index in [0.717, 1.165) is 33.3 Å². The SMILES string of the molecule is CC(C)(C)c1cccc(C(C)(C)C)c1-c1ccc(Nc2cccc3oc4ccc(-c5ccccc5)cc4c23)cc1. The summed E-state index contributed by atoms with van der Waals surface area (Å²) in [6.45, 7) is 13.8. The van der Waals surface area contributed by atoms with Crippen molar-refractivity contribution in [3.8, 4) is 22.3 Å². The lowest BCUT2D eigenvalue weighted by Gasteiger charge is -2.30. The molecule has 2 nitrogen and oxygen atoms in total. The summed E-state index contributed by atoms with van der Waals surface area (Å²) in [5, 5.41) is 5.91. The monoisotopic (exact) mass is 523 g/mol. The highest BCUT2D eigenvalue weighted by Gasteiger charge is 2.26. The van der Waals surface area contributed by atoms with Gasteiger partial charge < -0.3 is 9.73 Å². The maximum absolute atomic E-state index is 6.25. The van der Waals surface area contributed by atoms with Gasteiger partial charge in [0.05, 0.1) is 11.1 Å². The van der Waals surface area contributed by atoms with Crippen LogP contribution in [0.3, 0.4) is 0 Å². The Hall–Kier alpha value is -4.30. The quantitative estimate of drug-likeness (QED) is 0.248. The predicted molar refractivity (Wildman–Crippen MR) is 172 cm³/mol. The minimum Gasteiger partial charge on any atom is -0.456 e. The van der Waals surface area contributed by atoms with Crippen molar-refractivity contribution in [3.63, 3.8) is 0 Å². The largest absolute Gasteiger partial charge is 0.456 e. The summed E-state index contributed by atoms with van der Waals surface area (Å²) >= 11 is 0. The molecule has 200 valence electrons. The van der Waals surface area contributed by atoms with E-state index >= 15 is 0 Å². The third-order valence-corrected chi connectivity index (χ3v) is 7.74. The molecule has 6 aromatic rings. The van der Waals surface area contributed by atoms with Crippen LogP contribution in [-0.2, 0) is 10.8 Å². The molecule has 0 aliphatic heterocycles. The van der Waals surface area contributed by atoms with Crippen molar-refractivity contribution in [2.45, 2.75) is 52.4 Å². The average Bonchev–Trinajstić information content (AvgIpc) is 3.31. The Morgan fingerprint density at radius 2 is 1.15 bits per heavy atom. The molecule has 6 rings (SSSR count). The summed E-state index contributed by atoms with van der Waals surface area (Å²) in [7, 11) is 0. The van der Waals surface area contributed by atoms with Crippen molar-refractivity contribution in [3.05, 3.63) is 120 Å². The number of hydrogen-bond acceptors (Lipinski definition) is 2. The van der Waals surface area contributed by atoms with E-state index in [9.17, 15) is 0 Å². The van der Waals surface area contributed by atoms with Crippen molar-refractivity contribution in [2.24, 2.45) is 0 Å². The molecule has 0 aliphatic rings. The first-order chi connectivity index (χ1) is 19.1. The first-order valence-corrected chi connectivity index (χ1v) is 14.1. The van der Waals surface area contributed by atoms with Crippen LogP contribution >= 0.6 is 0 Å². The van der Waals surface area contributed by atoms with E-state index in [1.807, 2.05) is 12.1 Å². The second-order valence-electron chi connectivity index (χ2n) is 12.8. The van der Waals surface area contributed by atoms with Gasteiger partial charge in [-0.2, -0.15) is 0 Å². The Labute approximate surface area is 237 Å². The minimum atomic E-state index is 0.0457. The van der Waals surface area contributed by atoms with E-state index < -0.39 is 0 Å². The summed E-state index contributed by atoms with van der Waals surface area (Å²) in [5.41, 5.74) is 11.7. The Morgan fingerprint density at radius 1 is 0.525 bits per heavy atom. The molecule has 0 saturated carbocycles. The van der Waals surface area contributed by atoms with Gasteiger partial charge in [0.1, 0.15) is 11.2 Å². The summed E-state index contributed by atoms with van der Waals surface area (Å²) in [5.74, 6) is 0. The van der Waals surface area contributed by atoms with Crippen LogP contribution < -0.4 is 5.32 Å². The standard InChI is InChI=1S/C38H37NO/c1-37(2,3)30-14-10-15-31(38(4,5)6)35(30)26-18-21-28(22-19-26)39-32-16-11-17-34-36(32)29-24-27(20-23-33(29)40-34)25-12-8-7-9-13-25/h7-24,39H,1-6H3. The number of nitrogens with one attached hydrogen (secondary N) is 1. The van der Waals surface area contributed by atoms with Crippen LogP contribution in [0, 0.1) is 0 Å². The van der Waals surface area contributed by atoms with Gasteiger partial charge in [0.25, 0.3) is 0 Å². The zero-order valence-electron chi connectivity index (χ0n) is 24.3. The van der Waals surface area contributed by atoms with E-state index in [1.54, 1.807) is 0 Å². The second-order valence-corrected chi connectivity index (χ2v) is 12.8. The van der Waals surface area contributed by atoms with Crippen LogP contribution in [0.2, 0.25) is 0 Å². The molecule has 0 amide bonds. The van der Waals surface area contributed by atoms with E-state index in [0.29, 0.717) is 0 Å². The van der Waals surface area contributed by atoms with Gasteiger partial charge in [-0.15, -0.1) is 0 Å². The number of anilines is 2. The number of hydrogen-bond donors (Lipinski definition) is 1. The van der Waals surface area contributed by atoms with Gasteiger partial charge in [0, 0.05) is 11.1 Å². The molecule has 40 heavy (non-hydrogen) atoms. The number of benzene rings is 5. The normalized spacial score (nSPS) is 12.2. The van der Waals surface area contributed by atoms with E-state index in [1.165, 1.54) is 33.4 Å². The van der Waals surface area contributed by atoms with Gasteiger partial charge in [0.15, 0.2) is 0 Å². The minimum absolute atomic E-state index is 0.0457. The number of fused-ring (bicyclic) bond motifs is 3. The fourth-order valence-electron chi connectivity index (χ4n) is 5.73. The third kappa shape index (κ3) is 4.79. The summed E-state index contributed by atoms with van der Waals surface area (Å²) in [4.78, 5) is 0. The first-order valence-electron chi connectivity index (χ1n) is 14.1. The van der Waals surface area contributed by atoms with Gasteiger partial charge >= 0.3 is 0 Å². The Bertz CT molecular complexity index is 1780. The maximum Gasteiger partial charge on any atom is 0.137 e. The van der Waals surface area contributed by atoms with Crippen LogP contribution in [0.15, 0.2) is 114 Å². The second kappa shape index (κ2) is 9.71. The van der Waals surface area contributed by atoms with Crippen molar-refractivity contribution in [1.29, 1.82) is 0 Å². The van der Waals surface area contributed by atoms with Gasteiger partial charge in [0.2, 0.25) is 0 Å². The smallest absolute Gasteiger partial charge is 0.137 e. The van der Waals surface area contributed by atoms with Crippen molar-refractivity contribution in [2.75, 3.05) is 5.32 Å². The molecule has 0 bridgehead atoms. The summed E-state index contributed by atoms with van der Waals surface area (Å²) < 4.78 is 6.25. The Morgan fingerprint density at radius 3 is 1.80 bits per heavy atom. The Balaban J connectivity index is 1.41. The van der Waals surface area contributed by atoms with Gasteiger partial charge in [-0.25, -0.2) is 0 Å². The molecule has 0 unspecified atom stereocenters. The van der Waals surface area contributed by atoms with Gasteiger partial charge in [-0.1, -0.05) is 114 Å².